The van der Waals surface area contributed by atoms with Crippen LogP contribution in [0.5, 0.6) is 5.75 Å². The predicted octanol–water partition coefficient (Wildman–Crippen LogP) is 5.68. The number of allylic oxidation sites excluding steroid dienone is 1. The largest absolute Gasteiger partial charge is 0.508 e. The van der Waals surface area contributed by atoms with Crippen molar-refractivity contribution in [1.82, 2.24) is 30.2 Å². The van der Waals surface area contributed by atoms with Gasteiger partial charge in [0.25, 0.3) is 5.91 Å². The highest BCUT2D eigenvalue weighted by molar-refractivity contribution is 6.00. The van der Waals surface area contributed by atoms with E-state index in [1.165, 1.54) is 17.0 Å². The number of fused-ring (bicyclic) bond motifs is 6. The van der Waals surface area contributed by atoms with Crippen LogP contribution in [0.1, 0.15) is 64.3 Å². The summed E-state index contributed by atoms with van der Waals surface area (Å²) >= 11 is 0. The van der Waals surface area contributed by atoms with E-state index in [4.69, 9.17) is 9.47 Å². The summed E-state index contributed by atoms with van der Waals surface area (Å²) in [4.78, 5) is 60.2. The Kier molecular flexibility index (Phi) is 12.9. The van der Waals surface area contributed by atoms with E-state index in [-0.39, 0.29) is 36.9 Å². The Labute approximate surface area is 346 Å². The van der Waals surface area contributed by atoms with Gasteiger partial charge in [-0.1, -0.05) is 32.6 Å². The van der Waals surface area contributed by atoms with E-state index in [1.807, 2.05) is 18.2 Å². The number of phenols is 1. The molecule has 3 amide bonds. The number of aromatic nitrogens is 2. The van der Waals surface area contributed by atoms with Crippen LogP contribution in [0.15, 0.2) is 66.5 Å². The first-order valence-corrected chi connectivity index (χ1v) is 20.0. The number of hydrogen-bond donors (Lipinski definition) is 3. The lowest BCUT2D eigenvalue weighted by atomic mass is 9.84. The third kappa shape index (κ3) is 9.19. The Morgan fingerprint density at radius 3 is 2.69 bits per heavy atom. The van der Waals surface area contributed by atoms with Crippen LogP contribution < -0.4 is 10.7 Å². The number of phenolic OH excluding ortho intramolecular Hbond substituents is 1. The van der Waals surface area contributed by atoms with Gasteiger partial charge in [-0.2, -0.15) is 0 Å². The lowest BCUT2D eigenvalue weighted by Gasteiger charge is -2.35. The standard InChI is InChI=1S/C46H54N6O7/c1-9-40(54)50(7)41(28(3)4)43(55)48-25-32-20-29-19-31(22-33(53)21-29)30-15-16-39-35(23-30)36(42(51(39)10-2)34-13-11-17-47-38(34)26-58-8)24-46(5,6)27-59-45(57)37-14-12-18-52(49-37)44(32)56/h9,11,13,17,19,21-23,32,37,49,53H,1,10,12,14,18,20,24-27H2,2-8H3,(H,48,55)/t32-,37+/m1/s1. The van der Waals surface area contributed by atoms with Crippen molar-refractivity contribution < 1.29 is 33.8 Å². The highest BCUT2D eigenvalue weighted by Crippen LogP contribution is 2.40. The first-order valence-electron chi connectivity index (χ1n) is 20.0. The fourth-order valence-electron chi connectivity index (χ4n) is 8.12. The van der Waals surface area contributed by atoms with Crippen molar-refractivity contribution in [1.29, 1.82) is 0 Å². The second-order valence-electron chi connectivity index (χ2n) is 16.3. The summed E-state index contributed by atoms with van der Waals surface area (Å²) in [5.41, 5.74) is 9.90. The second-order valence-corrected chi connectivity index (χ2v) is 16.3. The summed E-state index contributed by atoms with van der Waals surface area (Å²) in [5.74, 6) is -2.62. The van der Waals surface area contributed by atoms with Crippen LogP contribution in [0.2, 0.25) is 0 Å². The summed E-state index contributed by atoms with van der Waals surface area (Å²) < 4.78 is 13.8. The van der Waals surface area contributed by atoms with Gasteiger partial charge in [0.15, 0.2) is 0 Å². The molecule has 1 saturated heterocycles. The molecule has 2 aromatic carbocycles. The van der Waals surface area contributed by atoms with Gasteiger partial charge in [0.2, 0.25) is 11.8 Å². The number of carbonyl (C=O) groups is 4. The highest BCUT2D eigenvalue weighted by Gasteiger charge is 2.35. The molecular weight excluding hydrogens is 749 g/mol. The van der Waals surface area contributed by atoms with E-state index in [0.29, 0.717) is 61.2 Å². The molecule has 0 unspecified atom stereocenters. The number of pyridine rings is 1. The summed E-state index contributed by atoms with van der Waals surface area (Å²) in [7, 11) is 3.14. The van der Waals surface area contributed by atoms with Crippen LogP contribution in [0, 0.1) is 23.5 Å². The maximum Gasteiger partial charge on any atom is 0.324 e. The first kappa shape index (κ1) is 42.6. The molecule has 310 valence electrons. The first-order chi connectivity index (χ1) is 28.2. The minimum Gasteiger partial charge on any atom is -0.508 e. The topological polar surface area (TPSA) is 155 Å². The third-order valence-corrected chi connectivity index (χ3v) is 10.9. The number of amides is 3. The number of aryl methyl sites for hydroxylation is 1. The van der Waals surface area contributed by atoms with Crippen LogP contribution in [-0.4, -0.2) is 88.2 Å². The summed E-state index contributed by atoms with van der Waals surface area (Å²) in [6.45, 7) is 14.5. The second kappa shape index (κ2) is 17.9. The Hall–Kier alpha value is -5.97. The molecule has 0 saturated carbocycles. The van der Waals surface area contributed by atoms with Crippen molar-refractivity contribution in [2.75, 3.05) is 33.9 Å². The number of aromatic hydroxyl groups is 1. The molecule has 13 heteroatoms. The molecule has 6 rings (SSSR count). The average Bonchev–Trinajstić information content (AvgIpc) is 3.51. The molecule has 3 N–H and O–H groups in total. The zero-order valence-electron chi connectivity index (χ0n) is 35.0. The SMILES string of the molecule is C=CC(=O)N(C)C(C(=O)NC[C@H]1Cc2cc(O)cc(c2)-c2c#cc3c(c2)c(c(-c2cccnc2COC)n3CC)CC(C)(C)COC(=O)[C@@H]2CCCN(N2)C1=O)=C(C)C. The van der Waals surface area contributed by atoms with E-state index < -0.39 is 35.2 Å². The normalized spacial score (nSPS) is 18.0. The number of benzene rings is 1. The van der Waals surface area contributed by atoms with Crippen LogP contribution in [0.4, 0.5) is 0 Å². The molecule has 4 heterocycles. The average molecular weight is 803 g/mol. The fraction of sp³-hybridized carbons (Fsp3) is 0.413. The molecule has 2 aliphatic rings. The molecule has 13 nitrogen and oxygen atoms in total. The number of nitrogens with zero attached hydrogens (tertiary/aromatic N) is 4. The molecule has 0 aliphatic carbocycles. The number of carbonyl (C=O) groups excluding carboxylic acids is 4. The zero-order chi connectivity index (χ0) is 42.6. The minimum absolute atomic E-state index is 0.00123. The van der Waals surface area contributed by atoms with E-state index >= 15 is 0 Å². The van der Waals surface area contributed by atoms with Gasteiger partial charge in [-0.3, -0.25) is 29.2 Å². The molecule has 2 aromatic heterocycles. The molecule has 0 radical (unpaired) electrons. The molecule has 59 heavy (non-hydrogen) atoms. The van der Waals surface area contributed by atoms with Crippen molar-refractivity contribution in [3.63, 3.8) is 0 Å². The van der Waals surface area contributed by atoms with Gasteiger partial charge < -0.3 is 29.4 Å². The van der Waals surface area contributed by atoms with E-state index in [2.05, 4.69) is 65.8 Å². The van der Waals surface area contributed by atoms with Gasteiger partial charge in [-0.25, -0.2) is 5.43 Å². The van der Waals surface area contributed by atoms with E-state index in [1.54, 1.807) is 39.3 Å². The summed E-state index contributed by atoms with van der Waals surface area (Å²) in [6, 6.07) is 17.2. The number of methoxy groups -OCH3 is 1. The summed E-state index contributed by atoms with van der Waals surface area (Å²) in [6.07, 6.45) is 4.57. The molecule has 2 atom stereocenters. The molecule has 0 spiro atoms. The number of likely N-dealkylation sites (N-methyl/N-ethyl adjacent to an activating group) is 1. The van der Waals surface area contributed by atoms with Gasteiger partial charge in [-0.15, -0.1) is 0 Å². The number of esters is 1. The fourth-order valence-corrected chi connectivity index (χ4v) is 8.12. The Morgan fingerprint density at radius 1 is 1.20 bits per heavy atom. The Balaban J connectivity index is 1.48. The lowest BCUT2D eigenvalue weighted by molar-refractivity contribution is -0.155. The number of rotatable bonds is 9. The lowest BCUT2D eigenvalue weighted by Crippen LogP contribution is -2.58. The maximum atomic E-state index is 14.4. The monoisotopic (exact) mass is 802 g/mol. The molecule has 2 aliphatic heterocycles. The quantitative estimate of drug-likeness (QED) is 0.143. The van der Waals surface area contributed by atoms with Crippen LogP contribution >= 0.6 is 0 Å². The van der Waals surface area contributed by atoms with Crippen LogP contribution in [-0.2, 0) is 54.6 Å². The molecule has 4 aromatic rings. The number of hydrogen-bond acceptors (Lipinski definition) is 9. The van der Waals surface area contributed by atoms with Crippen molar-refractivity contribution in [3.8, 4) is 28.1 Å². The highest BCUT2D eigenvalue weighted by atomic mass is 16.5. The molecular formula is C46H54N6O7. The Bertz CT molecular complexity index is 2310. The minimum atomic E-state index is -0.834. The van der Waals surface area contributed by atoms with Gasteiger partial charge in [0.1, 0.15) is 23.0 Å². The van der Waals surface area contributed by atoms with Crippen molar-refractivity contribution in [3.05, 3.63) is 95.5 Å². The molecule has 1 fully saturated rings. The smallest absolute Gasteiger partial charge is 0.324 e. The van der Waals surface area contributed by atoms with Gasteiger partial charge in [0.05, 0.1) is 30.5 Å². The van der Waals surface area contributed by atoms with Gasteiger partial charge in [0, 0.05) is 61.9 Å². The number of nitrogens with one attached hydrogen (secondary N) is 2. The number of cyclic esters (lactones) is 1. The van der Waals surface area contributed by atoms with Gasteiger partial charge >= 0.3 is 5.97 Å². The van der Waals surface area contributed by atoms with Gasteiger partial charge in [-0.05, 0) is 111 Å². The van der Waals surface area contributed by atoms with E-state index in [0.717, 1.165) is 39.5 Å². The van der Waals surface area contributed by atoms with Crippen LogP contribution in [0.3, 0.4) is 0 Å². The zero-order valence-corrected chi connectivity index (χ0v) is 35.0. The summed E-state index contributed by atoms with van der Waals surface area (Å²) in [5, 5.41) is 16.4. The van der Waals surface area contributed by atoms with Crippen molar-refractivity contribution in [2.24, 2.45) is 11.3 Å². The Morgan fingerprint density at radius 2 is 1.98 bits per heavy atom. The predicted molar refractivity (Wildman–Crippen MR) is 224 cm³/mol. The van der Waals surface area contributed by atoms with Crippen molar-refractivity contribution >= 4 is 34.6 Å². The molecule has 6 bridgehead atoms. The van der Waals surface area contributed by atoms with E-state index in [9.17, 15) is 24.3 Å². The number of hydrazine groups is 1. The van der Waals surface area contributed by atoms with Crippen LogP contribution in [0.25, 0.3) is 33.3 Å². The third-order valence-electron chi connectivity index (χ3n) is 10.9. The van der Waals surface area contributed by atoms with Crippen molar-refractivity contribution in [2.45, 2.75) is 79.5 Å². The number of ether oxygens (including phenoxy) is 2. The maximum absolute atomic E-state index is 14.4.